The monoisotopic (exact) mass is 294 g/mol. The minimum absolute atomic E-state index is 0.0794. The predicted octanol–water partition coefficient (Wildman–Crippen LogP) is 2.48. The Kier molecular flexibility index (Phi) is 4.57. The van der Waals surface area contributed by atoms with Crippen LogP contribution in [0.3, 0.4) is 0 Å². The maximum absolute atomic E-state index is 11.6. The van der Waals surface area contributed by atoms with Crippen molar-refractivity contribution in [3.63, 3.8) is 0 Å². The van der Waals surface area contributed by atoms with Gasteiger partial charge in [-0.3, -0.25) is 0 Å². The number of aromatic nitrogens is 1. The van der Waals surface area contributed by atoms with Crippen molar-refractivity contribution in [3.05, 3.63) is 42.0 Å². The summed E-state index contributed by atoms with van der Waals surface area (Å²) in [6.07, 6.45) is 0.579. The molecule has 0 radical (unpaired) electrons. The summed E-state index contributed by atoms with van der Waals surface area (Å²) in [6.45, 7) is 3.72. The van der Waals surface area contributed by atoms with Crippen molar-refractivity contribution in [1.29, 1.82) is 0 Å². The summed E-state index contributed by atoms with van der Waals surface area (Å²) in [5.41, 5.74) is 1.70. The molecule has 0 aliphatic rings. The van der Waals surface area contributed by atoms with Crippen LogP contribution < -0.4 is 4.72 Å². The van der Waals surface area contributed by atoms with Gasteiger partial charge >= 0.3 is 0 Å². The van der Waals surface area contributed by atoms with Gasteiger partial charge in [0.05, 0.1) is 12.3 Å². The zero-order chi connectivity index (χ0) is 14.6. The first-order chi connectivity index (χ1) is 9.52. The number of sulfonamides is 1. The third kappa shape index (κ3) is 3.68. The molecule has 0 amide bonds. The fourth-order valence-corrected chi connectivity index (χ4v) is 2.93. The Morgan fingerprint density at radius 3 is 2.60 bits per heavy atom. The molecule has 1 aromatic carbocycles. The minimum Gasteiger partial charge on any atom is -0.444 e. The Morgan fingerprint density at radius 1 is 1.25 bits per heavy atom. The molecule has 1 aromatic heterocycles. The molecule has 0 aliphatic carbocycles. The average molecular weight is 294 g/mol. The van der Waals surface area contributed by atoms with Crippen LogP contribution in [0.5, 0.6) is 0 Å². The van der Waals surface area contributed by atoms with E-state index in [0.717, 1.165) is 11.3 Å². The van der Waals surface area contributed by atoms with Crippen molar-refractivity contribution in [2.75, 3.05) is 5.75 Å². The zero-order valence-corrected chi connectivity index (χ0v) is 12.4. The molecule has 1 N–H and O–H groups in total. The first kappa shape index (κ1) is 14.7. The molecule has 0 saturated carbocycles. The summed E-state index contributed by atoms with van der Waals surface area (Å²) >= 11 is 0. The van der Waals surface area contributed by atoms with Crippen molar-refractivity contribution in [1.82, 2.24) is 9.71 Å². The molecule has 0 atom stereocenters. The molecule has 0 unspecified atom stereocenters. The Labute approximate surface area is 119 Å². The van der Waals surface area contributed by atoms with E-state index in [1.54, 1.807) is 0 Å². The van der Waals surface area contributed by atoms with Crippen molar-refractivity contribution in [2.45, 2.75) is 26.8 Å². The normalized spacial score (nSPS) is 11.7. The Morgan fingerprint density at radius 2 is 1.95 bits per heavy atom. The summed E-state index contributed by atoms with van der Waals surface area (Å²) in [6, 6.07) is 9.66. The van der Waals surface area contributed by atoms with Gasteiger partial charge < -0.3 is 4.42 Å². The number of benzene rings is 1. The molecule has 108 valence electrons. The molecule has 2 aromatic rings. The first-order valence-electron chi connectivity index (χ1n) is 6.51. The lowest BCUT2D eigenvalue weighted by Crippen LogP contribution is -2.25. The van der Waals surface area contributed by atoms with Gasteiger partial charge in [-0.05, 0) is 13.3 Å². The van der Waals surface area contributed by atoms with E-state index in [2.05, 4.69) is 9.71 Å². The van der Waals surface area contributed by atoms with Crippen LogP contribution in [0, 0.1) is 6.92 Å². The van der Waals surface area contributed by atoms with Gasteiger partial charge in [-0.15, -0.1) is 0 Å². The van der Waals surface area contributed by atoms with Gasteiger partial charge in [-0.1, -0.05) is 37.3 Å². The quantitative estimate of drug-likeness (QED) is 0.888. The standard InChI is InChI=1S/C14H18N2O3S/c1-3-9-20(17,18)15-10-13-16-14(11(2)19-13)12-7-5-4-6-8-12/h4-8,15H,3,9-10H2,1-2H3. The molecular weight excluding hydrogens is 276 g/mol. The molecule has 0 bridgehead atoms. The summed E-state index contributed by atoms with van der Waals surface area (Å²) in [4.78, 5) is 4.35. The topological polar surface area (TPSA) is 72.2 Å². The fourth-order valence-electron chi connectivity index (χ4n) is 1.90. The van der Waals surface area contributed by atoms with E-state index in [0.29, 0.717) is 18.1 Å². The van der Waals surface area contributed by atoms with Crippen LogP contribution in [-0.2, 0) is 16.6 Å². The summed E-state index contributed by atoms with van der Waals surface area (Å²) in [5, 5.41) is 0. The van der Waals surface area contributed by atoms with Gasteiger partial charge in [0.1, 0.15) is 11.5 Å². The Balaban J connectivity index is 2.13. The van der Waals surface area contributed by atoms with Crippen LogP contribution in [0.15, 0.2) is 34.7 Å². The molecule has 6 heteroatoms. The first-order valence-corrected chi connectivity index (χ1v) is 8.16. The molecule has 20 heavy (non-hydrogen) atoms. The number of hydrogen-bond acceptors (Lipinski definition) is 4. The molecule has 0 aliphatic heterocycles. The van der Waals surface area contributed by atoms with E-state index in [1.807, 2.05) is 44.2 Å². The fraction of sp³-hybridized carbons (Fsp3) is 0.357. The maximum Gasteiger partial charge on any atom is 0.212 e. The van der Waals surface area contributed by atoms with Crippen LogP contribution in [-0.4, -0.2) is 19.2 Å². The smallest absolute Gasteiger partial charge is 0.212 e. The van der Waals surface area contributed by atoms with Gasteiger partial charge in [0, 0.05) is 5.56 Å². The number of aryl methyl sites for hydroxylation is 1. The SMILES string of the molecule is CCCS(=O)(=O)NCc1nc(-c2ccccc2)c(C)o1. The molecule has 1 heterocycles. The van der Waals surface area contributed by atoms with Crippen LogP contribution in [0.25, 0.3) is 11.3 Å². The molecule has 0 spiro atoms. The molecule has 2 rings (SSSR count). The van der Waals surface area contributed by atoms with E-state index in [1.165, 1.54) is 0 Å². The van der Waals surface area contributed by atoms with Crippen LogP contribution in [0.2, 0.25) is 0 Å². The van der Waals surface area contributed by atoms with Gasteiger partial charge in [-0.25, -0.2) is 18.1 Å². The second-order valence-corrected chi connectivity index (χ2v) is 6.44. The van der Waals surface area contributed by atoms with Gasteiger partial charge in [0.25, 0.3) is 0 Å². The predicted molar refractivity (Wildman–Crippen MR) is 77.6 cm³/mol. The van der Waals surface area contributed by atoms with E-state index >= 15 is 0 Å². The molecule has 5 nitrogen and oxygen atoms in total. The summed E-state index contributed by atoms with van der Waals surface area (Å²) in [7, 11) is -3.25. The number of oxazole rings is 1. The molecule has 0 saturated heterocycles. The van der Waals surface area contributed by atoms with E-state index in [9.17, 15) is 8.42 Å². The van der Waals surface area contributed by atoms with Crippen LogP contribution in [0.4, 0.5) is 0 Å². The third-order valence-electron chi connectivity index (χ3n) is 2.80. The van der Waals surface area contributed by atoms with Crippen LogP contribution >= 0.6 is 0 Å². The van der Waals surface area contributed by atoms with Gasteiger partial charge in [-0.2, -0.15) is 0 Å². The summed E-state index contributed by atoms with van der Waals surface area (Å²) in [5.74, 6) is 1.17. The van der Waals surface area contributed by atoms with E-state index < -0.39 is 10.0 Å². The van der Waals surface area contributed by atoms with E-state index in [4.69, 9.17) is 4.42 Å². The van der Waals surface area contributed by atoms with Gasteiger partial charge in [0.2, 0.25) is 15.9 Å². The molecule has 0 fully saturated rings. The molecular formula is C14H18N2O3S. The Bertz CT molecular complexity index is 663. The highest BCUT2D eigenvalue weighted by atomic mass is 32.2. The lowest BCUT2D eigenvalue weighted by atomic mass is 10.1. The summed E-state index contributed by atoms with van der Waals surface area (Å²) < 4.78 is 31.2. The van der Waals surface area contributed by atoms with Gasteiger partial charge in [0.15, 0.2) is 0 Å². The zero-order valence-electron chi connectivity index (χ0n) is 11.6. The van der Waals surface area contributed by atoms with E-state index in [-0.39, 0.29) is 12.3 Å². The van der Waals surface area contributed by atoms with Crippen LogP contribution in [0.1, 0.15) is 25.0 Å². The number of nitrogens with zero attached hydrogens (tertiary/aromatic N) is 1. The highest BCUT2D eigenvalue weighted by Gasteiger charge is 2.14. The third-order valence-corrected chi connectivity index (χ3v) is 4.33. The second-order valence-electron chi connectivity index (χ2n) is 4.52. The van der Waals surface area contributed by atoms with Crippen molar-refractivity contribution >= 4 is 10.0 Å². The lowest BCUT2D eigenvalue weighted by Gasteiger charge is -2.01. The second kappa shape index (κ2) is 6.19. The largest absolute Gasteiger partial charge is 0.444 e. The minimum atomic E-state index is -3.25. The highest BCUT2D eigenvalue weighted by molar-refractivity contribution is 7.89. The number of nitrogens with one attached hydrogen (secondary N) is 1. The lowest BCUT2D eigenvalue weighted by molar-refractivity contribution is 0.463. The number of rotatable bonds is 6. The Hall–Kier alpha value is -1.66. The maximum atomic E-state index is 11.6. The number of hydrogen-bond donors (Lipinski definition) is 1. The highest BCUT2D eigenvalue weighted by Crippen LogP contribution is 2.22. The van der Waals surface area contributed by atoms with Crippen molar-refractivity contribution in [2.24, 2.45) is 0 Å². The average Bonchev–Trinajstić information content (AvgIpc) is 2.79. The van der Waals surface area contributed by atoms with Crippen molar-refractivity contribution in [3.8, 4) is 11.3 Å². The van der Waals surface area contributed by atoms with Crippen molar-refractivity contribution < 1.29 is 12.8 Å².